The average Bonchev–Trinajstić information content (AvgIpc) is 2.25. The fourth-order valence-corrected chi connectivity index (χ4v) is 4.62. The van der Waals surface area contributed by atoms with Crippen LogP contribution in [0, 0.1) is 0 Å². The van der Waals surface area contributed by atoms with Gasteiger partial charge in [-0.3, -0.25) is 0 Å². The molecular weight excluding hydrogens is 330 g/mol. The lowest BCUT2D eigenvalue weighted by Gasteiger charge is -2.26. The maximum atomic E-state index is 12.3. The van der Waals surface area contributed by atoms with Gasteiger partial charge in [-0.2, -0.15) is 0 Å². The van der Waals surface area contributed by atoms with Crippen molar-refractivity contribution in [2.75, 3.05) is 19.8 Å². The van der Waals surface area contributed by atoms with E-state index in [0.717, 1.165) is 12.0 Å². The molecule has 6 heteroatoms. The molecule has 106 valence electrons. The minimum Gasteiger partial charge on any atom is -0.379 e. The molecule has 2 rings (SSSR count). The SMILES string of the molecule is CC(CCN)c1ccc(S(=O)(=O)C2COC2)c(Br)c1. The molecule has 0 radical (unpaired) electrons. The van der Waals surface area contributed by atoms with Crippen molar-refractivity contribution in [3.05, 3.63) is 28.2 Å². The molecule has 1 fully saturated rings. The standard InChI is InChI=1S/C13H18BrNO3S/c1-9(4-5-15)10-2-3-13(12(14)6-10)19(16,17)11-7-18-8-11/h2-3,6,9,11H,4-5,7-8,15H2,1H3. The van der Waals surface area contributed by atoms with Crippen LogP contribution < -0.4 is 5.73 Å². The molecule has 19 heavy (non-hydrogen) atoms. The van der Waals surface area contributed by atoms with E-state index in [1.807, 2.05) is 12.1 Å². The Morgan fingerprint density at radius 3 is 2.63 bits per heavy atom. The van der Waals surface area contributed by atoms with Crippen LogP contribution in [0.4, 0.5) is 0 Å². The molecule has 0 spiro atoms. The van der Waals surface area contributed by atoms with E-state index in [4.69, 9.17) is 10.5 Å². The number of nitrogens with two attached hydrogens (primary N) is 1. The highest BCUT2D eigenvalue weighted by molar-refractivity contribution is 9.10. The van der Waals surface area contributed by atoms with Crippen molar-refractivity contribution in [1.82, 2.24) is 0 Å². The van der Waals surface area contributed by atoms with Crippen LogP contribution in [0.15, 0.2) is 27.6 Å². The van der Waals surface area contributed by atoms with Gasteiger partial charge in [-0.25, -0.2) is 8.42 Å². The third-order valence-corrected chi connectivity index (χ3v) is 6.51. The van der Waals surface area contributed by atoms with Crippen LogP contribution in [0.5, 0.6) is 0 Å². The molecule has 1 aromatic carbocycles. The van der Waals surface area contributed by atoms with E-state index < -0.39 is 15.1 Å². The van der Waals surface area contributed by atoms with Gasteiger partial charge in [0.25, 0.3) is 0 Å². The van der Waals surface area contributed by atoms with Gasteiger partial charge in [0.15, 0.2) is 9.84 Å². The van der Waals surface area contributed by atoms with Crippen LogP contribution >= 0.6 is 15.9 Å². The first-order chi connectivity index (χ1) is 8.96. The number of hydrogen-bond acceptors (Lipinski definition) is 4. The second kappa shape index (κ2) is 5.91. The number of sulfone groups is 1. The monoisotopic (exact) mass is 347 g/mol. The molecule has 1 atom stereocenters. The van der Waals surface area contributed by atoms with Crippen LogP contribution in [0.3, 0.4) is 0 Å². The topological polar surface area (TPSA) is 69.4 Å². The summed E-state index contributed by atoms with van der Waals surface area (Å²) < 4.78 is 30.2. The third-order valence-electron chi connectivity index (χ3n) is 3.48. The minimum atomic E-state index is -3.28. The van der Waals surface area contributed by atoms with Gasteiger partial charge >= 0.3 is 0 Å². The average molecular weight is 348 g/mol. The second-order valence-corrected chi connectivity index (χ2v) is 7.92. The Bertz CT molecular complexity index is 555. The summed E-state index contributed by atoms with van der Waals surface area (Å²) in [4.78, 5) is 0.351. The van der Waals surface area contributed by atoms with Crippen LogP contribution in [-0.4, -0.2) is 33.4 Å². The Labute approximate surface area is 122 Å². The summed E-state index contributed by atoms with van der Waals surface area (Å²) in [7, 11) is -3.28. The highest BCUT2D eigenvalue weighted by atomic mass is 79.9. The fraction of sp³-hybridized carbons (Fsp3) is 0.538. The van der Waals surface area contributed by atoms with Gasteiger partial charge in [-0.1, -0.05) is 13.0 Å². The molecule has 1 aromatic rings. The zero-order chi connectivity index (χ0) is 14.0. The van der Waals surface area contributed by atoms with Crippen molar-refractivity contribution in [3.63, 3.8) is 0 Å². The van der Waals surface area contributed by atoms with E-state index in [-0.39, 0.29) is 0 Å². The van der Waals surface area contributed by atoms with Gasteiger partial charge in [0.05, 0.1) is 18.1 Å². The Morgan fingerprint density at radius 1 is 1.47 bits per heavy atom. The number of hydrogen-bond donors (Lipinski definition) is 1. The van der Waals surface area contributed by atoms with Crippen LogP contribution in [0.1, 0.15) is 24.8 Å². The molecule has 1 heterocycles. The molecule has 0 aromatic heterocycles. The summed E-state index contributed by atoms with van der Waals surface area (Å²) in [5, 5.41) is -0.406. The molecule has 1 aliphatic heterocycles. The molecule has 4 nitrogen and oxygen atoms in total. The Morgan fingerprint density at radius 2 is 2.16 bits per heavy atom. The van der Waals surface area contributed by atoms with Gasteiger partial charge in [-0.15, -0.1) is 0 Å². The normalized spacial score (nSPS) is 18.1. The third kappa shape index (κ3) is 3.02. The lowest BCUT2D eigenvalue weighted by Crippen LogP contribution is -2.40. The van der Waals surface area contributed by atoms with Crippen molar-refractivity contribution in [2.24, 2.45) is 5.73 Å². The highest BCUT2D eigenvalue weighted by Gasteiger charge is 2.35. The summed E-state index contributed by atoms with van der Waals surface area (Å²) in [6, 6.07) is 5.43. The van der Waals surface area contributed by atoms with Gasteiger partial charge in [0, 0.05) is 4.47 Å². The lowest BCUT2D eigenvalue weighted by molar-refractivity contribution is 0.0416. The molecule has 0 amide bonds. The van der Waals surface area contributed by atoms with Crippen molar-refractivity contribution in [3.8, 4) is 0 Å². The first kappa shape index (κ1) is 15.0. The Kier molecular flexibility index (Phi) is 4.66. The van der Waals surface area contributed by atoms with Crippen molar-refractivity contribution in [1.29, 1.82) is 0 Å². The van der Waals surface area contributed by atoms with E-state index >= 15 is 0 Å². The minimum absolute atomic E-state index is 0.292. The fourth-order valence-electron chi connectivity index (χ4n) is 2.04. The van der Waals surface area contributed by atoms with Crippen LogP contribution in [-0.2, 0) is 14.6 Å². The molecule has 1 saturated heterocycles. The zero-order valence-corrected chi connectivity index (χ0v) is 13.2. The van der Waals surface area contributed by atoms with Gasteiger partial charge in [0.2, 0.25) is 0 Å². The van der Waals surface area contributed by atoms with E-state index in [2.05, 4.69) is 22.9 Å². The van der Waals surface area contributed by atoms with Gasteiger partial charge < -0.3 is 10.5 Å². The summed E-state index contributed by atoms with van der Waals surface area (Å²) in [6.07, 6.45) is 0.884. The molecule has 1 unspecified atom stereocenters. The summed E-state index contributed by atoms with van der Waals surface area (Å²) >= 11 is 3.37. The predicted octanol–water partition coefficient (Wildman–Crippen LogP) is 2.07. The largest absolute Gasteiger partial charge is 0.379 e. The lowest BCUT2D eigenvalue weighted by atomic mass is 9.98. The zero-order valence-electron chi connectivity index (χ0n) is 10.8. The number of halogens is 1. The van der Waals surface area contributed by atoms with Gasteiger partial charge in [0.1, 0.15) is 5.25 Å². The van der Waals surface area contributed by atoms with Crippen LogP contribution in [0.25, 0.3) is 0 Å². The second-order valence-electron chi connectivity index (χ2n) is 4.87. The molecule has 0 bridgehead atoms. The Hall–Kier alpha value is -0.430. The summed E-state index contributed by atoms with van der Waals surface area (Å²) in [6.45, 7) is 3.29. The highest BCUT2D eigenvalue weighted by Crippen LogP contribution is 2.31. The molecule has 0 saturated carbocycles. The van der Waals surface area contributed by atoms with E-state index in [0.29, 0.717) is 35.0 Å². The van der Waals surface area contributed by atoms with Crippen molar-refractivity contribution >= 4 is 25.8 Å². The summed E-state index contributed by atoms with van der Waals surface area (Å²) in [5.74, 6) is 0.324. The number of rotatable bonds is 5. The maximum absolute atomic E-state index is 12.3. The predicted molar refractivity (Wildman–Crippen MR) is 78.0 cm³/mol. The molecule has 2 N–H and O–H groups in total. The molecule has 1 aliphatic rings. The first-order valence-corrected chi connectivity index (χ1v) is 8.62. The molecule has 0 aliphatic carbocycles. The first-order valence-electron chi connectivity index (χ1n) is 6.28. The van der Waals surface area contributed by atoms with Gasteiger partial charge in [-0.05, 0) is 52.5 Å². The summed E-state index contributed by atoms with van der Waals surface area (Å²) in [5.41, 5.74) is 6.65. The van der Waals surface area contributed by atoms with Crippen LogP contribution in [0.2, 0.25) is 0 Å². The smallest absolute Gasteiger partial charge is 0.186 e. The molecular formula is C13H18BrNO3S. The number of ether oxygens (including phenoxy) is 1. The quantitative estimate of drug-likeness (QED) is 0.885. The number of benzene rings is 1. The van der Waals surface area contributed by atoms with E-state index in [1.54, 1.807) is 6.07 Å². The van der Waals surface area contributed by atoms with Crippen molar-refractivity contribution in [2.45, 2.75) is 29.4 Å². The van der Waals surface area contributed by atoms with Crippen molar-refractivity contribution < 1.29 is 13.2 Å². The van der Waals surface area contributed by atoms with E-state index in [9.17, 15) is 8.42 Å². The van der Waals surface area contributed by atoms with E-state index in [1.165, 1.54) is 0 Å². The maximum Gasteiger partial charge on any atom is 0.186 e. The Balaban J connectivity index is 2.29.